The van der Waals surface area contributed by atoms with Gasteiger partial charge in [-0.15, -0.1) is 0 Å². The first kappa shape index (κ1) is 17.6. The first-order chi connectivity index (χ1) is 13.7. The van der Waals surface area contributed by atoms with Crippen molar-refractivity contribution >= 4 is 27.6 Å². The van der Waals surface area contributed by atoms with Gasteiger partial charge < -0.3 is 24.2 Å². The summed E-state index contributed by atoms with van der Waals surface area (Å²) in [5.74, 6) is 0.756. The Hall–Kier alpha value is -2.51. The van der Waals surface area contributed by atoms with E-state index in [2.05, 4.69) is 15.9 Å². The van der Waals surface area contributed by atoms with Gasteiger partial charge in [0, 0.05) is 28.7 Å². The number of nitrogens with zero attached hydrogens (tertiary/aromatic N) is 1. The van der Waals surface area contributed by atoms with Gasteiger partial charge in [-0.2, -0.15) is 0 Å². The predicted octanol–water partition coefficient (Wildman–Crippen LogP) is 2.98. The molecular weight excluding hydrogens is 426 g/mol. The van der Waals surface area contributed by atoms with E-state index < -0.39 is 0 Å². The van der Waals surface area contributed by atoms with Crippen LogP contribution >= 0.6 is 15.9 Å². The highest BCUT2D eigenvalue weighted by Gasteiger charge is 2.42. The van der Waals surface area contributed by atoms with Crippen LogP contribution in [-0.4, -0.2) is 44.0 Å². The van der Waals surface area contributed by atoms with E-state index in [-0.39, 0.29) is 25.1 Å². The molecule has 3 heterocycles. The van der Waals surface area contributed by atoms with Gasteiger partial charge in [-0.1, -0.05) is 28.1 Å². The van der Waals surface area contributed by atoms with Crippen LogP contribution in [0.5, 0.6) is 11.5 Å². The largest absolute Gasteiger partial charge is 0.486 e. The maximum Gasteiger partial charge on any atom is 0.337 e. The number of aliphatic hydroxyl groups is 1. The Bertz CT molecular complexity index is 1000. The highest BCUT2D eigenvalue weighted by Crippen LogP contribution is 2.51. The smallest absolute Gasteiger partial charge is 0.337 e. The highest BCUT2D eigenvalue weighted by molar-refractivity contribution is 9.10. The minimum atomic E-state index is -0.316. The average Bonchev–Trinajstić information content (AvgIpc) is 3.08. The molecule has 5 rings (SSSR count). The summed E-state index contributed by atoms with van der Waals surface area (Å²) in [6.45, 7) is 1.51. The van der Waals surface area contributed by atoms with Crippen molar-refractivity contribution in [3.05, 3.63) is 63.3 Å². The summed E-state index contributed by atoms with van der Waals surface area (Å²) in [6.07, 6.45) is 0. The van der Waals surface area contributed by atoms with Crippen LogP contribution < -0.4 is 14.4 Å². The Labute approximate surface area is 170 Å². The minimum Gasteiger partial charge on any atom is -0.486 e. The van der Waals surface area contributed by atoms with Gasteiger partial charge in [0.2, 0.25) is 0 Å². The zero-order chi connectivity index (χ0) is 19.3. The number of carbonyl (C=O) groups is 1. The molecule has 0 aromatic heterocycles. The zero-order valence-corrected chi connectivity index (χ0v) is 16.6. The first-order valence-electron chi connectivity index (χ1n) is 9.15. The van der Waals surface area contributed by atoms with Crippen LogP contribution in [0.15, 0.2) is 52.1 Å². The fourth-order valence-corrected chi connectivity index (χ4v) is 4.58. The summed E-state index contributed by atoms with van der Waals surface area (Å²) in [6, 6.07) is 11.8. The number of aliphatic hydroxyl groups excluding tert-OH is 1. The van der Waals surface area contributed by atoms with Gasteiger partial charge in [0.1, 0.15) is 19.8 Å². The van der Waals surface area contributed by atoms with Crippen molar-refractivity contribution in [3.8, 4) is 11.5 Å². The molecule has 2 aromatic rings. The first-order valence-corrected chi connectivity index (χ1v) is 9.94. The molecule has 0 amide bonds. The number of cyclic esters (lactones) is 1. The number of β-amino-alcohol motifs (C(OH)–C–C–N with tert-alkyl or cyclic N) is 1. The molecule has 7 heteroatoms. The average molecular weight is 444 g/mol. The number of fused-ring (bicyclic) bond motifs is 2. The molecule has 0 saturated carbocycles. The molecule has 0 spiro atoms. The number of carbonyl (C=O) groups excluding carboxylic acids is 1. The molecule has 0 radical (unpaired) electrons. The second-order valence-corrected chi connectivity index (χ2v) is 7.77. The van der Waals surface area contributed by atoms with Crippen LogP contribution in [0.3, 0.4) is 0 Å². The summed E-state index contributed by atoms with van der Waals surface area (Å²) in [4.78, 5) is 14.6. The van der Waals surface area contributed by atoms with Crippen LogP contribution in [0.1, 0.15) is 17.0 Å². The van der Waals surface area contributed by atoms with Gasteiger partial charge in [0.15, 0.2) is 11.5 Å². The number of hydrogen-bond donors (Lipinski definition) is 1. The van der Waals surface area contributed by atoms with Gasteiger partial charge in [-0.3, -0.25) is 0 Å². The van der Waals surface area contributed by atoms with E-state index in [1.807, 2.05) is 41.3 Å². The van der Waals surface area contributed by atoms with Crippen molar-refractivity contribution in [2.24, 2.45) is 0 Å². The molecule has 0 fully saturated rings. The number of anilines is 1. The van der Waals surface area contributed by atoms with Gasteiger partial charge in [0.25, 0.3) is 0 Å². The van der Waals surface area contributed by atoms with Crippen LogP contribution in [0.25, 0.3) is 0 Å². The fraction of sp³-hybridized carbons (Fsp3) is 0.286. The van der Waals surface area contributed by atoms with Crippen LogP contribution in [-0.2, 0) is 9.53 Å². The van der Waals surface area contributed by atoms with Crippen LogP contribution in [0.4, 0.5) is 5.69 Å². The molecule has 3 aliphatic rings. The van der Waals surface area contributed by atoms with E-state index in [0.29, 0.717) is 36.8 Å². The van der Waals surface area contributed by atoms with E-state index in [9.17, 15) is 9.90 Å². The summed E-state index contributed by atoms with van der Waals surface area (Å²) < 4.78 is 17.9. The van der Waals surface area contributed by atoms with Crippen molar-refractivity contribution in [2.45, 2.75) is 5.92 Å². The van der Waals surface area contributed by atoms with Crippen LogP contribution in [0.2, 0.25) is 0 Å². The number of hydrogen-bond acceptors (Lipinski definition) is 6. The quantitative estimate of drug-likeness (QED) is 0.735. The zero-order valence-electron chi connectivity index (χ0n) is 15.0. The third-order valence-electron chi connectivity index (χ3n) is 5.28. The number of ether oxygens (including phenoxy) is 3. The van der Waals surface area contributed by atoms with Crippen molar-refractivity contribution in [1.82, 2.24) is 0 Å². The lowest BCUT2D eigenvalue weighted by Gasteiger charge is -2.36. The molecule has 1 atom stereocenters. The molecular formula is C21H18BrNO5. The number of esters is 1. The van der Waals surface area contributed by atoms with E-state index in [4.69, 9.17) is 14.2 Å². The lowest BCUT2D eigenvalue weighted by molar-refractivity contribution is -0.136. The predicted molar refractivity (Wildman–Crippen MR) is 106 cm³/mol. The van der Waals surface area contributed by atoms with E-state index in [1.165, 1.54) is 0 Å². The summed E-state index contributed by atoms with van der Waals surface area (Å²) in [7, 11) is 0. The standard InChI is InChI=1S/C21H18BrNO5/c22-13-3-1-2-12(8-13)19-14-9-17-18(27-7-6-26-17)10-15(14)23(4-5-24)16-11-28-21(25)20(16)19/h1-3,8-10,19,24H,4-7,11H2. The molecule has 1 N–H and O–H groups in total. The van der Waals surface area contributed by atoms with Crippen molar-refractivity contribution in [1.29, 1.82) is 0 Å². The van der Waals surface area contributed by atoms with Gasteiger partial charge >= 0.3 is 5.97 Å². The molecule has 1 unspecified atom stereocenters. The third-order valence-corrected chi connectivity index (χ3v) is 5.78. The van der Waals surface area contributed by atoms with E-state index >= 15 is 0 Å². The maximum absolute atomic E-state index is 12.7. The maximum atomic E-state index is 12.7. The van der Waals surface area contributed by atoms with Crippen LogP contribution in [0, 0.1) is 0 Å². The summed E-state index contributed by atoms with van der Waals surface area (Å²) >= 11 is 3.53. The molecule has 2 aromatic carbocycles. The molecule has 28 heavy (non-hydrogen) atoms. The SMILES string of the molecule is O=C1OCC2=C1C(c1cccc(Br)c1)c1cc3c(cc1N2CCO)OCCO3. The molecule has 6 nitrogen and oxygen atoms in total. The normalized spacial score (nSPS) is 20.0. The Morgan fingerprint density at radius 1 is 1.11 bits per heavy atom. The van der Waals surface area contributed by atoms with Crippen molar-refractivity contribution in [2.75, 3.05) is 37.9 Å². The van der Waals surface area contributed by atoms with Gasteiger partial charge in [-0.05, 0) is 29.3 Å². The van der Waals surface area contributed by atoms with E-state index in [1.54, 1.807) is 0 Å². The molecule has 0 bridgehead atoms. The Morgan fingerprint density at radius 3 is 2.64 bits per heavy atom. The second kappa shape index (κ2) is 6.83. The molecule has 3 aliphatic heterocycles. The Balaban J connectivity index is 1.77. The lowest BCUT2D eigenvalue weighted by Crippen LogP contribution is -2.33. The fourth-order valence-electron chi connectivity index (χ4n) is 4.16. The second-order valence-electron chi connectivity index (χ2n) is 6.85. The summed E-state index contributed by atoms with van der Waals surface area (Å²) in [5.41, 5.74) is 4.25. The van der Waals surface area contributed by atoms with Crippen molar-refractivity contribution < 1.29 is 24.1 Å². The number of halogens is 1. The minimum absolute atomic E-state index is 0.0413. The van der Waals surface area contributed by atoms with Crippen molar-refractivity contribution in [3.63, 3.8) is 0 Å². The molecule has 144 valence electrons. The third kappa shape index (κ3) is 2.69. The summed E-state index contributed by atoms with van der Waals surface area (Å²) in [5, 5.41) is 9.64. The molecule has 0 saturated heterocycles. The van der Waals surface area contributed by atoms with Gasteiger partial charge in [0.05, 0.1) is 17.9 Å². The van der Waals surface area contributed by atoms with E-state index in [0.717, 1.165) is 27.0 Å². The topological polar surface area (TPSA) is 68.2 Å². The number of benzene rings is 2. The Morgan fingerprint density at radius 2 is 1.89 bits per heavy atom. The molecule has 0 aliphatic carbocycles. The van der Waals surface area contributed by atoms with Gasteiger partial charge in [-0.25, -0.2) is 4.79 Å². The lowest BCUT2D eigenvalue weighted by atomic mass is 9.80. The highest BCUT2D eigenvalue weighted by atomic mass is 79.9. The number of rotatable bonds is 3. The monoisotopic (exact) mass is 443 g/mol. The Kier molecular flexibility index (Phi) is 4.29.